The fraction of sp³-hybridized carbons (Fsp3) is 0.333. The van der Waals surface area contributed by atoms with Crippen LogP contribution in [0.2, 0.25) is 0 Å². The van der Waals surface area contributed by atoms with Crippen LogP contribution in [-0.2, 0) is 31.6 Å². The Kier molecular flexibility index (Phi) is 9.40. The van der Waals surface area contributed by atoms with E-state index in [2.05, 4.69) is 10.1 Å². The van der Waals surface area contributed by atoms with Crippen molar-refractivity contribution < 1.29 is 43.3 Å². The van der Waals surface area contributed by atoms with Crippen LogP contribution in [0.15, 0.2) is 42.5 Å². The van der Waals surface area contributed by atoms with E-state index in [1.54, 1.807) is 30.3 Å². The first kappa shape index (κ1) is 26.6. The average molecular weight is 496 g/mol. The average Bonchev–Trinajstić information content (AvgIpc) is 2.81. The topological polar surface area (TPSA) is 175 Å². The first-order valence-corrected chi connectivity index (χ1v) is 12.0. The van der Waals surface area contributed by atoms with Gasteiger partial charge in [0.15, 0.2) is 5.75 Å². The minimum absolute atomic E-state index is 0.0411. The molecule has 0 aromatic heterocycles. The lowest BCUT2D eigenvalue weighted by molar-refractivity contribution is -0.386. The summed E-state index contributed by atoms with van der Waals surface area (Å²) in [5, 5.41) is 23.3. The number of hydrogen-bond acceptors (Lipinski definition) is 9. The maximum Gasteiger partial charge on any atom is 0.408 e. The van der Waals surface area contributed by atoms with E-state index in [9.17, 15) is 34.3 Å². The first-order chi connectivity index (χ1) is 16.1. The number of methoxy groups -OCH3 is 2. The summed E-state index contributed by atoms with van der Waals surface area (Å²) in [4.78, 5) is 44.8. The standard InChI is InChI=1S/C21H25N2O10P/c1-31-18-11-15(10-17(19(18)24)23(27)28)13-34(29,30)9-8-16(20(25)32-2)22-21(26)33-12-14-6-4-3-5-7-14/h3-7,10-11,16,24H,8-9,12-13H2,1-2H3,(H,22,26)(H,29,30)/t16-/m0/s1. The summed E-state index contributed by atoms with van der Waals surface area (Å²) in [6, 6.07) is 9.76. The number of carbonyl (C=O) groups is 2. The summed E-state index contributed by atoms with van der Waals surface area (Å²) in [7, 11) is -1.69. The summed E-state index contributed by atoms with van der Waals surface area (Å²) >= 11 is 0. The number of benzene rings is 2. The normalized spacial score (nSPS) is 13.3. The molecule has 2 aromatic rings. The van der Waals surface area contributed by atoms with Crippen molar-refractivity contribution in [3.05, 3.63) is 63.7 Å². The molecule has 0 aliphatic heterocycles. The number of nitrogens with zero attached hydrogens (tertiary/aromatic N) is 1. The number of nitro benzene ring substituents is 1. The van der Waals surface area contributed by atoms with Gasteiger partial charge >= 0.3 is 17.7 Å². The number of nitro groups is 1. The fourth-order valence-corrected chi connectivity index (χ4v) is 4.60. The van der Waals surface area contributed by atoms with E-state index in [-0.39, 0.29) is 24.3 Å². The predicted octanol–water partition coefficient (Wildman–Crippen LogP) is 2.94. The van der Waals surface area contributed by atoms with E-state index in [1.165, 1.54) is 13.2 Å². The van der Waals surface area contributed by atoms with Gasteiger partial charge in [-0.05, 0) is 23.6 Å². The second-order valence-corrected chi connectivity index (χ2v) is 9.68. The van der Waals surface area contributed by atoms with Crippen molar-refractivity contribution in [1.82, 2.24) is 5.32 Å². The van der Waals surface area contributed by atoms with Gasteiger partial charge in [0.25, 0.3) is 0 Å². The highest BCUT2D eigenvalue weighted by atomic mass is 31.2. The summed E-state index contributed by atoms with van der Waals surface area (Å²) in [5.74, 6) is -1.76. The molecule has 2 aromatic carbocycles. The number of ether oxygens (including phenoxy) is 3. The van der Waals surface area contributed by atoms with E-state index in [1.807, 2.05) is 0 Å². The number of rotatable bonds is 11. The maximum absolute atomic E-state index is 12.7. The fourth-order valence-electron chi connectivity index (χ4n) is 3.03. The minimum Gasteiger partial charge on any atom is -0.500 e. The Balaban J connectivity index is 2.04. The van der Waals surface area contributed by atoms with Crippen LogP contribution < -0.4 is 10.1 Å². The molecule has 12 nitrogen and oxygen atoms in total. The molecule has 0 saturated heterocycles. The Morgan fingerprint density at radius 1 is 1.18 bits per heavy atom. The molecule has 3 N–H and O–H groups in total. The highest BCUT2D eigenvalue weighted by Gasteiger charge is 2.29. The highest BCUT2D eigenvalue weighted by molar-refractivity contribution is 7.57. The van der Waals surface area contributed by atoms with Crippen LogP contribution in [0.4, 0.5) is 10.5 Å². The molecular weight excluding hydrogens is 471 g/mol. The highest BCUT2D eigenvalue weighted by Crippen LogP contribution is 2.47. The lowest BCUT2D eigenvalue weighted by Gasteiger charge is -2.19. The molecular formula is C21H25N2O10P. The van der Waals surface area contributed by atoms with Crippen molar-refractivity contribution in [2.24, 2.45) is 0 Å². The smallest absolute Gasteiger partial charge is 0.408 e. The van der Waals surface area contributed by atoms with E-state index in [0.717, 1.165) is 18.7 Å². The zero-order chi connectivity index (χ0) is 25.3. The predicted molar refractivity (Wildman–Crippen MR) is 120 cm³/mol. The number of hydrogen-bond donors (Lipinski definition) is 3. The third-order valence-electron chi connectivity index (χ3n) is 4.72. The molecule has 0 aliphatic rings. The molecule has 0 spiro atoms. The molecule has 0 bridgehead atoms. The van der Waals surface area contributed by atoms with Gasteiger partial charge in [0.05, 0.1) is 25.3 Å². The molecule has 2 atom stereocenters. The van der Waals surface area contributed by atoms with Gasteiger partial charge < -0.3 is 29.5 Å². The SMILES string of the molecule is COC(=O)[C@H](CCP(=O)(O)Cc1cc(OC)c(O)c([N+](=O)[O-])c1)NC(=O)OCc1ccccc1. The lowest BCUT2D eigenvalue weighted by Crippen LogP contribution is -2.42. The van der Waals surface area contributed by atoms with Gasteiger partial charge in [-0.2, -0.15) is 0 Å². The van der Waals surface area contributed by atoms with Gasteiger partial charge in [-0.1, -0.05) is 30.3 Å². The number of phenols is 1. The summed E-state index contributed by atoms with van der Waals surface area (Å²) < 4.78 is 27.3. The number of amides is 1. The number of nitrogens with one attached hydrogen (secondary N) is 1. The van der Waals surface area contributed by atoms with Crippen molar-refractivity contribution in [1.29, 1.82) is 0 Å². The zero-order valence-corrected chi connectivity index (χ0v) is 19.4. The van der Waals surface area contributed by atoms with Crippen LogP contribution in [0.25, 0.3) is 0 Å². The van der Waals surface area contributed by atoms with E-state index < -0.39 is 54.2 Å². The minimum atomic E-state index is -3.98. The van der Waals surface area contributed by atoms with Crippen molar-refractivity contribution >= 4 is 25.1 Å². The Morgan fingerprint density at radius 3 is 2.44 bits per heavy atom. The molecule has 0 heterocycles. The van der Waals surface area contributed by atoms with Gasteiger partial charge in [0.1, 0.15) is 12.6 Å². The number of carbonyl (C=O) groups excluding carboxylic acids is 2. The van der Waals surface area contributed by atoms with Gasteiger partial charge in [0, 0.05) is 12.2 Å². The summed E-state index contributed by atoms with van der Waals surface area (Å²) in [6.07, 6.45) is -2.07. The van der Waals surface area contributed by atoms with Gasteiger partial charge in [-0.15, -0.1) is 0 Å². The van der Waals surface area contributed by atoms with Crippen LogP contribution in [0.1, 0.15) is 17.5 Å². The van der Waals surface area contributed by atoms with E-state index >= 15 is 0 Å². The molecule has 2 rings (SSSR count). The molecule has 0 aliphatic carbocycles. The molecule has 13 heteroatoms. The summed E-state index contributed by atoms with van der Waals surface area (Å²) in [6.45, 7) is -0.0411. The molecule has 1 unspecified atom stereocenters. The van der Waals surface area contributed by atoms with Crippen LogP contribution in [0.3, 0.4) is 0 Å². The monoisotopic (exact) mass is 496 g/mol. The second-order valence-electron chi connectivity index (χ2n) is 7.22. The molecule has 1 amide bonds. The van der Waals surface area contributed by atoms with Crippen LogP contribution in [0.5, 0.6) is 11.5 Å². The summed E-state index contributed by atoms with van der Waals surface area (Å²) in [5.41, 5.74) is 0.132. The first-order valence-electron chi connectivity index (χ1n) is 9.96. The van der Waals surface area contributed by atoms with Crippen LogP contribution >= 0.6 is 7.37 Å². The number of esters is 1. The molecule has 34 heavy (non-hydrogen) atoms. The Labute approximate surface area is 195 Å². The van der Waals surface area contributed by atoms with Gasteiger partial charge in [-0.3, -0.25) is 14.7 Å². The number of phenolic OH excluding ortho intramolecular Hbond substituents is 1. The zero-order valence-electron chi connectivity index (χ0n) is 18.5. The maximum atomic E-state index is 12.7. The quantitative estimate of drug-likeness (QED) is 0.182. The van der Waals surface area contributed by atoms with Crippen molar-refractivity contribution in [2.75, 3.05) is 20.4 Å². The Hall–Kier alpha value is -3.63. The van der Waals surface area contributed by atoms with Crippen molar-refractivity contribution in [3.8, 4) is 11.5 Å². The van der Waals surface area contributed by atoms with Gasteiger partial charge in [0.2, 0.25) is 13.1 Å². The van der Waals surface area contributed by atoms with Crippen molar-refractivity contribution in [2.45, 2.75) is 25.2 Å². The van der Waals surface area contributed by atoms with Crippen molar-refractivity contribution in [3.63, 3.8) is 0 Å². The van der Waals surface area contributed by atoms with Gasteiger partial charge in [-0.25, -0.2) is 9.59 Å². The Bertz CT molecular complexity index is 1080. The third-order valence-corrected chi connectivity index (χ3v) is 6.53. The van der Waals surface area contributed by atoms with E-state index in [0.29, 0.717) is 0 Å². The third kappa shape index (κ3) is 7.75. The Morgan fingerprint density at radius 2 is 1.85 bits per heavy atom. The second kappa shape index (κ2) is 12.0. The largest absolute Gasteiger partial charge is 0.500 e. The molecule has 0 fully saturated rings. The van der Waals surface area contributed by atoms with Crippen LogP contribution in [-0.4, -0.2) is 53.4 Å². The molecule has 184 valence electrons. The van der Waals surface area contributed by atoms with E-state index in [4.69, 9.17) is 9.47 Å². The molecule has 0 radical (unpaired) electrons. The van der Waals surface area contributed by atoms with Crippen LogP contribution in [0, 0.1) is 10.1 Å². The number of alkyl carbamates (subject to hydrolysis) is 1. The lowest BCUT2D eigenvalue weighted by atomic mass is 10.2. The number of aromatic hydroxyl groups is 1. The molecule has 0 saturated carbocycles.